The van der Waals surface area contributed by atoms with Crippen LogP contribution >= 0.6 is 0 Å². The van der Waals surface area contributed by atoms with Crippen LogP contribution in [0.15, 0.2) is 42.5 Å². The molecule has 0 aliphatic carbocycles. The SMILES string of the molecule is CCNCc1ccccc1OCc1ccc(C)c(C)c1. The highest BCUT2D eigenvalue weighted by atomic mass is 16.5. The Kier molecular flexibility index (Phi) is 5.19. The Bertz CT molecular complexity index is 563. The minimum atomic E-state index is 0.615. The monoisotopic (exact) mass is 269 g/mol. The van der Waals surface area contributed by atoms with Gasteiger partial charge in [-0.1, -0.05) is 43.3 Å². The lowest BCUT2D eigenvalue weighted by molar-refractivity contribution is 0.302. The van der Waals surface area contributed by atoms with Gasteiger partial charge in [-0.05, 0) is 43.1 Å². The number of para-hydroxylation sites is 1. The first kappa shape index (κ1) is 14.6. The number of aryl methyl sites for hydroxylation is 2. The van der Waals surface area contributed by atoms with Crippen LogP contribution in [-0.2, 0) is 13.2 Å². The van der Waals surface area contributed by atoms with Crippen LogP contribution in [0.1, 0.15) is 29.2 Å². The average molecular weight is 269 g/mol. The quantitative estimate of drug-likeness (QED) is 0.856. The summed E-state index contributed by atoms with van der Waals surface area (Å²) in [4.78, 5) is 0. The molecule has 2 aromatic carbocycles. The lowest BCUT2D eigenvalue weighted by Crippen LogP contribution is -2.12. The molecule has 2 aromatic rings. The Hall–Kier alpha value is -1.80. The van der Waals surface area contributed by atoms with E-state index < -0.39 is 0 Å². The molecule has 0 aliphatic rings. The third kappa shape index (κ3) is 3.84. The van der Waals surface area contributed by atoms with Crippen LogP contribution in [0.25, 0.3) is 0 Å². The predicted molar refractivity (Wildman–Crippen MR) is 84.1 cm³/mol. The van der Waals surface area contributed by atoms with Crippen molar-refractivity contribution in [2.45, 2.75) is 33.9 Å². The Balaban J connectivity index is 2.04. The molecule has 2 rings (SSSR count). The molecule has 0 saturated heterocycles. The van der Waals surface area contributed by atoms with Gasteiger partial charge in [-0.15, -0.1) is 0 Å². The fourth-order valence-corrected chi connectivity index (χ4v) is 2.10. The van der Waals surface area contributed by atoms with Crippen LogP contribution in [0, 0.1) is 13.8 Å². The molecule has 2 heteroatoms. The van der Waals surface area contributed by atoms with Crippen molar-refractivity contribution >= 4 is 0 Å². The Morgan fingerprint density at radius 1 is 1.00 bits per heavy atom. The summed E-state index contributed by atoms with van der Waals surface area (Å²) < 4.78 is 5.98. The second kappa shape index (κ2) is 7.11. The van der Waals surface area contributed by atoms with Crippen LogP contribution < -0.4 is 10.1 Å². The van der Waals surface area contributed by atoms with E-state index >= 15 is 0 Å². The summed E-state index contributed by atoms with van der Waals surface area (Å²) in [6, 6.07) is 14.7. The topological polar surface area (TPSA) is 21.3 Å². The van der Waals surface area contributed by atoms with Crippen molar-refractivity contribution in [2.24, 2.45) is 0 Å². The summed E-state index contributed by atoms with van der Waals surface area (Å²) in [6.45, 7) is 8.80. The van der Waals surface area contributed by atoms with Crippen LogP contribution in [0.4, 0.5) is 0 Å². The van der Waals surface area contributed by atoms with Crippen molar-refractivity contribution < 1.29 is 4.74 Å². The summed E-state index contributed by atoms with van der Waals surface area (Å²) in [5, 5.41) is 3.34. The largest absolute Gasteiger partial charge is 0.489 e. The Morgan fingerprint density at radius 2 is 1.80 bits per heavy atom. The molecule has 0 radical (unpaired) electrons. The minimum absolute atomic E-state index is 0.615. The van der Waals surface area contributed by atoms with E-state index in [0.717, 1.165) is 18.8 Å². The Morgan fingerprint density at radius 3 is 2.55 bits per heavy atom. The molecular formula is C18H23NO. The van der Waals surface area contributed by atoms with Crippen molar-refractivity contribution in [3.05, 3.63) is 64.7 Å². The van der Waals surface area contributed by atoms with Gasteiger partial charge in [0.2, 0.25) is 0 Å². The highest BCUT2D eigenvalue weighted by Crippen LogP contribution is 2.20. The van der Waals surface area contributed by atoms with E-state index in [-0.39, 0.29) is 0 Å². The maximum Gasteiger partial charge on any atom is 0.124 e. The Labute approximate surface area is 121 Å². The van der Waals surface area contributed by atoms with Crippen molar-refractivity contribution in [1.29, 1.82) is 0 Å². The van der Waals surface area contributed by atoms with Gasteiger partial charge in [0.05, 0.1) is 0 Å². The summed E-state index contributed by atoms with van der Waals surface area (Å²) in [7, 11) is 0. The van der Waals surface area contributed by atoms with Crippen molar-refractivity contribution in [3.63, 3.8) is 0 Å². The molecule has 106 valence electrons. The summed E-state index contributed by atoms with van der Waals surface area (Å²) in [6.07, 6.45) is 0. The van der Waals surface area contributed by atoms with Gasteiger partial charge in [0.15, 0.2) is 0 Å². The number of benzene rings is 2. The van der Waals surface area contributed by atoms with E-state index in [2.05, 4.69) is 56.4 Å². The van der Waals surface area contributed by atoms with Gasteiger partial charge in [-0.3, -0.25) is 0 Å². The van der Waals surface area contributed by atoms with Crippen LogP contribution in [0.3, 0.4) is 0 Å². The third-order valence-electron chi connectivity index (χ3n) is 3.50. The molecule has 0 fully saturated rings. The smallest absolute Gasteiger partial charge is 0.124 e. The summed E-state index contributed by atoms with van der Waals surface area (Å²) in [5.41, 5.74) is 5.05. The first-order chi connectivity index (χ1) is 9.70. The molecule has 0 saturated carbocycles. The van der Waals surface area contributed by atoms with E-state index in [9.17, 15) is 0 Å². The standard InChI is InChI=1S/C18H23NO/c1-4-19-12-17-7-5-6-8-18(17)20-13-16-10-9-14(2)15(3)11-16/h5-11,19H,4,12-13H2,1-3H3. The molecule has 0 aromatic heterocycles. The average Bonchev–Trinajstić information content (AvgIpc) is 2.47. The zero-order valence-corrected chi connectivity index (χ0v) is 12.6. The number of rotatable bonds is 6. The van der Waals surface area contributed by atoms with Gasteiger partial charge in [-0.2, -0.15) is 0 Å². The summed E-state index contributed by atoms with van der Waals surface area (Å²) in [5.74, 6) is 0.965. The third-order valence-corrected chi connectivity index (χ3v) is 3.50. The number of hydrogen-bond donors (Lipinski definition) is 1. The van der Waals surface area contributed by atoms with Gasteiger partial charge < -0.3 is 10.1 Å². The first-order valence-corrected chi connectivity index (χ1v) is 7.18. The van der Waals surface area contributed by atoms with Crippen molar-refractivity contribution in [2.75, 3.05) is 6.54 Å². The van der Waals surface area contributed by atoms with E-state index in [1.165, 1.54) is 22.3 Å². The molecule has 0 amide bonds. The van der Waals surface area contributed by atoms with Gasteiger partial charge in [-0.25, -0.2) is 0 Å². The number of hydrogen-bond acceptors (Lipinski definition) is 2. The zero-order valence-electron chi connectivity index (χ0n) is 12.6. The maximum atomic E-state index is 5.98. The number of nitrogens with one attached hydrogen (secondary N) is 1. The van der Waals surface area contributed by atoms with Crippen molar-refractivity contribution in [1.82, 2.24) is 5.32 Å². The lowest BCUT2D eigenvalue weighted by Gasteiger charge is -2.12. The molecule has 0 unspecified atom stereocenters. The van der Waals surface area contributed by atoms with Gasteiger partial charge in [0.25, 0.3) is 0 Å². The zero-order chi connectivity index (χ0) is 14.4. The lowest BCUT2D eigenvalue weighted by atomic mass is 10.1. The van der Waals surface area contributed by atoms with Gasteiger partial charge in [0, 0.05) is 12.1 Å². The van der Waals surface area contributed by atoms with E-state index in [0.29, 0.717) is 6.61 Å². The summed E-state index contributed by atoms with van der Waals surface area (Å²) >= 11 is 0. The minimum Gasteiger partial charge on any atom is -0.489 e. The predicted octanol–water partition coefficient (Wildman–Crippen LogP) is 3.99. The fourth-order valence-electron chi connectivity index (χ4n) is 2.10. The molecule has 1 N–H and O–H groups in total. The van der Waals surface area contributed by atoms with Gasteiger partial charge in [0.1, 0.15) is 12.4 Å². The second-order valence-electron chi connectivity index (χ2n) is 5.10. The second-order valence-corrected chi connectivity index (χ2v) is 5.10. The molecule has 0 heterocycles. The molecule has 0 bridgehead atoms. The molecule has 0 aliphatic heterocycles. The van der Waals surface area contributed by atoms with Crippen molar-refractivity contribution in [3.8, 4) is 5.75 Å². The van der Waals surface area contributed by atoms with Crippen LogP contribution in [-0.4, -0.2) is 6.54 Å². The van der Waals surface area contributed by atoms with E-state index in [1.807, 2.05) is 12.1 Å². The maximum absolute atomic E-state index is 5.98. The highest BCUT2D eigenvalue weighted by Gasteiger charge is 2.03. The number of ether oxygens (including phenoxy) is 1. The molecule has 2 nitrogen and oxygen atoms in total. The molecule has 20 heavy (non-hydrogen) atoms. The van der Waals surface area contributed by atoms with Crippen LogP contribution in [0.2, 0.25) is 0 Å². The molecule has 0 atom stereocenters. The molecule has 0 spiro atoms. The molecular weight excluding hydrogens is 246 g/mol. The van der Waals surface area contributed by atoms with E-state index in [4.69, 9.17) is 4.74 Å². The van der Waals surface area contributed by atoms with Gasteiger partial charge >= 0.3 is 0 Å². The first-order valence-electron chi connectivity index (χ1n) is 7.18. The van der Waals surface area contributed by atoms with E-state index in [1.54, 1.807) is 0 Å². The fraction of sp³-hybridized carbons (Fsp3) is 0.333. The van der Waals surface area contributed by atoms with Crippen LogP contribution in [0.5, 0.6) is 5.75 Å². The normalized spacial score (nSPS) is 10.6. The highest BCUT2D eigenvalue weighted by molar-refractivity contribution is 5.34.